The van der Waals surface area contributed by atoms with Gasteiger partial charge in [0, 0.05) is 12.7 Å². The number of ether oxygens (including phenoxy) is 1. The van der Waals surface area contributed by atoms with Crippen LogP contribution in [0.25, 0.3) is 0 Å². The smallest absolute Gasteiger partial charge is 0.339 e. The van der Waals surface area contributed by atoms with Crippen molar-refractivity contribution in [2.75, 3.05) is 26.5 Å². The van der Waals surface area contributed by atoms with E-state index in [4.69, 9.17) is 5.73 Å². The lowest BCUT2D eigenvalue weighted by molar-refractivity contribution is 0.0596. The molecule has 0 radical (unpaired) electrons. The van der Waals surface area contributed by atoms with Gasteiger partial charge in [0.2, 0.25) is 10.0 Å². The number of nitrogen functional groups attached to an aromatic ring is 1. The average Bonchev–Trinajstić information content (AvgIpc) is 2.45. The summed E-state index contributed by atoms with van der Waals surface area (Å²) in [6.45, 7) is 2.77. The number of nitrogens with zero attached hydrogens (tertiary/aromatic N) is 1. The second-order valence-electron chi connectivity index (χ2n) is 5.19. The van der Waals surface area contributed by atoms with Crippen molar-refractivity contribution in [2.45, 2.75) is 24.3 Å². The Hall–Kier alpha value is -1.64. The molecular weight excluding hydrogens is 296 g/mol. The van der Waals surface area contributed by atoms with Crippen LogP contribution in [0.3, 0.4) is 0 Å². The number of sulfonamides is 1. The van der Waals surface area contributed by atoms with Gasteiger partial charge in [-0.2, -0.15) is 4.31 Å². The largest absolute Gasteiger partial charge is 0.465 e. The monoisotopic (exact) mass is 316 g/mol. The summed E-state index contributed by atoms with van der Waals surface area (Å²) in [6, 6.07) is 3.89. The Labute approximate surface area is 124 Å². The topological polar surface area (TPSA) is 110 Å². The third-order valence-corrected chi connectivity index (χ3v) is 5.41. The molecule has 3 N–H and O–H groups in total. The van der Waals surface area contributed by atoms with Gasteiger partial charge in [0.1, 0.15) is 0 Å². The molecule has 0 bridgehead atoms. The first-order valence-electron chi connectivity index (χ1n) is 6.15. The Morgan fingerprint density at radius 2 is 2.00 bits per heavy atom. The fourth-order valence-electron chi connectivity index (χ4n) is 1.61. The van der Waals surface area contributed by atoms with Gasteiger partial charge in [-0.3, -0.25) is 0 Å². The van der Waals surface area contributed by atoms with Crippen molar-refractivity contribution in [3.05, 3.63) is 23.8 Å². The predicted molar refractivity (Wildman–Crippen MR) is 78.3 cm³/mol. The molecule has 0 aromatic heterocycles. The number of anilines is 1. The van der Waals surface area contributed by atoms with E-state index in [2.05, 4.69) is 4.74 Å². The SMILES string of the molecule is COC(=O)c1cc(N)ccc1S(=O)(=O)N(C)C(C)(C)CO. The molecule has 1 rings (SSSR count). The van der Waals surface area contributed by atoms with Crippen LogP contribution in [-0.4, -0.2) is 50.1 Å². The predicted octanol–water partition coefficient (Wildman–Crippen LogP) is 0.447. The maximum Gasteiger partial charge on any atom is 0.339 e. The number of nitrogens with two attached hydrogens (primary N) is 1. The number of aliphatic hydroxyl groups excluding tert-OH is 1. The average molecular weight is 316 g/mol. The number of esters is 1. The minimum absolute atomic E-state index is 0.141. The molecule has 0 atom stereocenters. The Morgan fingerprint density at radius 1 is 1.43 bits per heavy atom. The van der Waals surface area contributed by atoms with Crippen molar-refractivity contribution in [3.63, 3.8) is 0 Å². The van der Waals surface area contributed by atoms with Gasteiger partial charge < -0.3 is 15.6 Å². The van der Waals surface area contributed by atoms with Gasteiger partial charge in [-0.25, -0.2) is 13.2 Å². The molecule has 0 fully saturated rings. The highest BCUT2D eigenvalue weighted by atomic mass is 32.2. The zero-order chi connectivity index (χ0) is 16.4. The van der Waals surface area contributed by atoms with Gasteiger partial charge in [0.15, 0.2) is 0 Å². The van der Waals surface area contributed by atoms with E-state index in [9.17, 15) is 18.3 Å². The number of likely N-dealkylation sites (N-methyl/N-ethyl adjacent to an activating group) is 1. The standard InChI is InChI=1S/C13H20N2O5S/c1-13(2,8-16)15(3)21(18,19)11-6-5-9(14)7-10(11)12(17)20-4/h5-7,16H,8,14H2,1-4H3. The summed E-state index contributed by atoms with van der Waals surface area (Å²) in [6.07, 6.45) is 0. The second kappa shape index (κ2) is 6.00. The van der Waals surface area contributed by atoms with Crippen LogP contribution >= 0.6 is 0 Å². The van der Waals surface area contributed by atoms with Crippen molar-refractivity contribution in [3.8, 4) is 0 Å². The Bertz CT molecular complexity index is 640. The molecular formula is C13H20N2O5S. The van der Waals surface area contributed by atoms with Crippen molar-refractivity contribution in [1.29, 1.82) is 0 Å². The van der Waals surface area contributed by atoms with Crippen molar-refractivity contribution < 1.29 is 23.1 Å². The molecule has 118 valence electrons. The third-order valence-electron chi connectivity index (χ3n) is 3.29. The van der Waals surface area contributed by atoms with Crippen molar-refractivity contribution >= 4 is 21.7 Å². The van der Waals surface area contributed by atoms with E-state index in [1.165, 1.54) is 25.2 Å². The summed E-state index contributed by atoms with van der Waals surface area (Å²) in [7, 11) is -1.50. The Kier molecular flexibility index (Phi) is 4.98. The number of benzene rings is 1. The normalized spacial score (nSPS) is 12.5. The second-order valence-corrected chi connectivity index (χ2v) is 7.13. The lowest BCUT2D eigenvalue weighted by Crippen LogP contribution is -2.47. The van der Waals surface area contributed by atoms with E-state index in [-0.39, 0.29) is 22.8 Å². The number of hydrogen-bond donors (Lipinski definition) is 2. The third kappa shape index (κ3) is 3.34. The fourth-order valence-corrected chi connectivity index (χ4v) is 3.28. The van der Waals surface area contributed by atoms with Crippen LogP contribution in [0, 0.1) is 0 Å². The highest BCUT2D eigenvalue weighted by Gasteiger charge is 2.36. The summed E-state index contributed by atoms with van der Waals surface area (Å²) >= 11 is 0. The minimum atomic E-state index is -3.99. The number of carbonyl (C=O) groups is 1. The van der Waals surface area contributed by atoms with Gasteiger partial charge in [-0.1, -0.05) is 0 Å². The molecule has 0 spiro atoms. The fraction of sp³-hybridized carbons (Fsp3) is 0.462. The molecule has 1 aromatic carbocycles. The highest BCUT2D eigenvalue weighted by Crippen LogP contribution is 2.27. The van der Waals surface area contributed by atoms with Gasteiger partial charge in [-0.15, -0.1) is 0 Å². The number of hydrogen-bond acceptors (Lipinski definition) is 6. The molecule has 0 heterocycles. The first kappa shape index (κ1) is 17.4. The van der Waals surface area contributed by atoms with Gasteiger partial charge in [0.05, 0.1) is 29.7 Å². The zero-order valence-corrected chi connectivity index (χ0v) is 13.3. The van der Waals surface area contributed by atoms with E-state index in [1.807, 2.05) is 0 Å². The summed E-state index contributed by atoms with van der Waals surface area (Å²) in [5.74, 6) is -0.795. The molecule has 0 aliphatic rings. The Morgan fingerprint density at radius 3 is 2.48 bits per heavy atom. The lowest BCUT2D eigenvalue weighted by atomic mass is 10.1. The van der Waals surface area contributed by atoms with Crippen molar-refractivity contribution in [2.24, 2.45) is 0 Å². The highest BCUT2D eigenvalue weighted by molar-refractivity contribution is 7.89. The summed E-state index contributed by atoms with van der Waals surface area (Å²) in [4.78, 5) is 11.5. The van der Waals surface area contributed by atoms with Gasteiger partial charge >= 0.3 is 5.97 Å². The molecule has 21 heavy (non-hydrogen) atoms. The molecule has 0 saturated carbocycles. The molecule has 0 aliphatic carbocycles. The van der Waals surface area contributed by atoms with Crippen LogP contribution in [0.4, 0.5) is 5.69 Å². The molecule has 1 aromatic rings. The van der Waals surface area contributed by atoms with E-state index in [0.29, 0.717) is 0 Å². The van der Waals surface area contributed by atoms with Crippen LogP contribution < -0.4 is 5.73 Å². The van der Waals surface area contributed by atoms with Crippen LogP contribution in [0.1, 0.15) is 24.2 Å². The minimum Gasteiger partial charge on any atom is -0.465 e. The first-order valence-corrected chi connectivity index (χ1v) is 7.59. The van der Waals surface area contributed by atoms with Crippen LogP contribution in [0.5, 0.6) is 0 Å². The number of carbonyl (C=O) groups excluding carboxylic acids is 1. The van der Waals surface area contributed by atoms with E-state index in [1.54, 1.807) is 13.8 Å². The number of methoxy groups -OCH3 is 1. The maximum absolute atomic E-state index is 12.7. The molecule has 8 heteroatoms. The first-order chi connectivity index (χ1) is 9.57. The summed E-state index contributed by atoms with van der Waals surface area (Å²) in [5, 5.41) is 9.33. The number of aliphatic hydroxyl groups is 1. The van der Waals surface area contributed by atoms with Crippen LogP contribution in [-0.2, 0) is 14.8 Å². The number of rotatable bonds is 5. The Balaban J connectivity index is 3.49. The van der Waals surface area contributed by atoms with E-state index >= 15 is 0 Å². The van der Waals surface area contributed by atoms with Crippen LogP contribution in [0.2, 0.25) is 0 Å². The van der Waals surface area contributed by atoms with E-state index in [0.717, 1.165) is 11.4 Å². The quantitative estimate of drug-likeness (QED) is 0.603. The maximum atomic E-state index is 12.7. The summed E-state index contributed by atoms with van der Waals surface area (Å²) < 4.78 is 30.9. The molecule has 7 nitrogen and oxygen atoms in total. The molecule has 0 aliphatic heterocycles. The van der Waals surface area contributed by atoms with E-state index < -0.39 is 21.5 Å². The lowest BCUT2D eigenvalue weighted by Gasteiger charge is -2.33. The summed E-state index contributed by atoms with van der Waals surface area (Å²) in [5.41, 5.74) is 4.68. The van der Waals surface area contributed by atoms with Crippen molar-refractivity contribution in [1.82, 2.24) is 4.31 Å². The van der Waals surface area contributed by atoms with Gasteiger partial charge in [-0.05, 0) is 32.0 Å². The zero-order valence-electron chi connectivity index (χ0n) is 12.5. The molecule has 0 amide bonds. The molecule has 0 unspecified atom stereocenters. The van der Waals surface area contributed by atoms with Gasteiger partial charge in [0.25, 0.3) is 0 Å². The molecule has 0 saturated heterocycles. The van der Waals surface area contributed by atoms with Crippen LogP contribution in [0.15, 0.2) is 23.1 Å².